The minimum Gasteiger partial charge on any atom is -0.390 e. The molecular formula is C19H26N4O16P2. The minimum absolute atomic E-state index is 0.167. The van der Waals surface area contributed by atoms with Crippen molar-refractivity contribution in [2.24, 2.45) is 0 Å². The molecule has 7 N–H and O–H groups in total. The maximum atomic E-state index is 12.3. The van der Waals surface area contributed by atoms with Gasteiger partial charge in [-0.25, -0.2) is 18.7 Å². The Morgan fingerprint density at radius 1 is 0.927 bits per heavy atom. The molecular weight excluding hydrogens is 602 g/mol. The van der Waals surface area contributed by atoms with E-state index in [1.165, 1.54) is 13.1 Å². The number of rotatable bonds is 10. The molecule has 0 spiro atoms. The summed E-state index contributed by atoms with van der Waals surface area (Å²) in [6, 6.07) is 0.947. The van der Waals surface area contributed by atoms with Crippen molar-refractivity contribution in [1.29, 1.82) is 0 Å². The number of nitrogens with zero attached hydrogens (tertiary/aromatic N) is 2. The van der Waals surface area contributed by atoms with Crippen molar-refractivity contribution in [3.8, 4) is 0 Å². The Balaban J connectivity index is 1.31. The van der Waals surface area contributed by atoms with Gasteiger partial charge in [-0.2, -0.15) is 4.31 Å². The number of aromatic amines is 2. The molecule has 228 valence electrons. The van der Waals surface area contributed by atoms with Crippen LogP contribution in [0.4, 0.5) is 0 Å². The second kappa shape index (κ2) is 12.0. The van der Waals surface area contributed by atoms with Crippen LogP contribution in [0.2, 0.25) is 0 Å². The monoisotopic (exact) mass is 628 g/mol. The molecule has 0 saturated carbocycles. The molecule has 20 nitrogen and oxygen atoms in total. The number of ether oxygens (including phenoxy) is 2. The number of phosphoric acid groups is 2. The van der Waals surface area contributed by atoms with E-state index in [4.69, 9.17) is 9.47 Å². The van der Waals surface area contributed by atoms with Crippen LogP contribution in [0, 0.1) is 6.92 Å². The lowest BCUT2D eigenvalue weighted by Gasteiger charge is -2.21. The Hall–Kier alpha value is -2.58. The van der Waals surface area contributed by atoms with Gasteiger partial charge in [0.1, 0.15) is 30.6 Å². The van der Waals surface area contributed by atoms with Gasteiger partial charge in [-0.15, -0.1) is 0 Å². The van der Waals surface area contributed by atoms with Crippen LogP contribution in [0.15, 0.2) is 37.6 Å². The van der Waals surface area contributed by atoms with Crippen LogP contribution in [-0.2, 0) is 32.0 Å². The summed E-state index contributed by atoms with van der Waals surface area (Å²) in [7, 11) is -10.7. The fraction of sp³-hybridized carbons (Fsp3) is 0.579. The number of nitrogens with one attached hydrogen (secondary N) is 2. The molecule has 0 amide bonds. The first-order valence-corrected chi connectivity index (χ1v) is 14.7. The zero-order valence-corrected chi connectivity index (χ0v) is 22.7. The van der Waals surface area contributed by atoms with Gasteiger partial charge in [-0.05, 0) is 6.92 Å². The number of hydrogen-bond acceptors (Lipinski definition) is 14. The Kier molecular flexibility index (Phi) is 9.15. The Morgan fingerprint density at radius 3 is 2.17 bits per heavy atom. The van der Waals surface area contributed by atoms with Crippen molar-refractivity contribution in [1.82, 2.24) is 19.1 Å². The molecule has 2 saturated heterocycles. The molecule has 4 unspecified atom stereocenters. The molecule has 0 aliphatic carbocycles. The van der Waals surface area contributed by atoms with Gasteiger partial charge in [0.05, 0.1) is 19.3 Å². The predicted molar refractivity (Wildman–Crippen MR) is 130 cm³/mol. The first-order valence-electron chi connectivity index (χ1n) is 11.7. The number of phosphoric ester groups is 2. The zero-order valence-electron chi connectivity index (χ0n) is 20.9. The van der Waals surface area contributed by atoms with E-state index in [0.717, 1.165) is 21.4 Å². The highest BCUT2D eigenvalue weighted by Crippen LogP contribution is 2.60. The number of aryl methyl sites for hydroxylation is 1. The molecule has 4 rings (SSSR count). The highest BCUT2D eigenvalue weighted by molar-refractivity contribution is 7.61. The molecule has 2 aliphatic rings. The van der Waals surface area contributed by atoms with Gasteiger partial charge in [0.2, 0.25) is 0 Å². The van der Waals surface area contributed by atoms with E-state index >= 15 is 0 Å². The van der Waals surface area contributed by atoms with Crippen molar-refractivity contribution in [3.63, 3.8) is 0 Å². The van der Waals surface area contributed by atoms with Crippen LogP contribution in [0.25, 0.3) is 0 Å². The van der Waals surface area contributed by atoms with Gasteiger partial charge in [-0.3, -0.25) is 37.7 Å². The van der Waals surface area contributed by atoms with Crippen LogP contribution < -0.4 is 22.5 Å². The van der Waals surface area contributed by atoms with Gasteiger partial charge in [0, 0.05) is 30.4 Å². The molecule has 2 aromatic rings. The number of aromatic nitrogens is 4. The summed E-state index contributed by atoms with van der Waals surface area (Å²) in [4.78, 5) is 70.5. The third kappa shape index (κ3) is 7.26. The standard InChI is InChI=1S/C19H26N4O16P2/c1-8-5-23(19(30)21-16(8)28)13-4-9(24)10(37-13)6-35-40(31,32)39-41(33,34)36-7-11-14(26)15(27)17(38-11)22-3-2-12(25)20-18(22)29/h2-3,5,9-11,13-15,17,24,26-27H,4,6-7H2,1H3,(H,31,32)(H,33,34)(H,20,25,29)(H,21,28,30)/t9-,10-,11-,13-,14?,15?,17-/m1/s1. The van der Waals surface area contributed by atoms with Crippen LogP contribution in [0.5, 0.6) is 0 Å². The van der Waals surface area contributed by atoms with E-state index in [-0.39, 0.29) is 12.0 Å². The smallest absolute Gasteiger partial charge is 0.390 e. The largest absolute Gasteiger partial charge is 0.481 e. The number of H-pyrrole nitrogens is 2. The first-order chi connectivity index (χ1) is 19.1. The molecule has 0 radical (unpaired) electrons. The van der Waals surface area contributed by atoms with Crippen molar-refractivity contribution >= 4 is 15.6 Å². The van der Waals surface area contributed by atoms with Crippen molar-refractivity contribution in [2.45, 2.75) is 56.3 Å². The van der Waals surface area contributed by atoms with Crippen LogP contribution in [-0.4, -0.2) is 87.9 Å². The molecule has 0 bridgehead atoms. The lowest BCUT2D eigenvalue weighted by atomic mass is 10.1. The summed E-state index contributed by atoms with van der Waals surface area (Å²) in [5, 5.41) is 30.6. The molecule has 9 atom stereocenters. The predicted octanol–water partition coefficient (Wildman–Crippen LogP) is -3.09. The van der Waals surface area contributed by atoms with Gasteiger partial charge in [0.25, 0.3) is 11.1 Å². The summed E-state index contributed by atoms with van der Waals surface area (Å²) in [6.45, 7) is -0.377. The summed E-state index contributed by atoms with van der Waals surface area (Å²) < 4.78 is 50.5. The summed E-state index contributed by atoms with van der Waals surface area (Å²) in [5.41, 5.74) is -2.97. The number of hydrogen-bond donors (Lipinski definition) is 7. The topological polar surface area (TPSA) is 291 Å². The van der Waals surface area contributed by atoms with E-state index < -0.39 is 94.3 Å². The normalized spacial score (nSPS) is 31.1. The van der Waals surface area contributed by atoms with Crippen molar-refractivity contribution in [3.05, 3.63) is 65.7 Å². The van der Waals surface area contributed by atoms with E-state index in [2.05, 4.69) is 18.3 Å². The lowest BCUT2D eigenvalue weighted by molar-refractivity contribution is -0.0551. The van der Waals surface area contributed by atoms with E-state index in [0.29, 0.717) is 0 Å². The zero-order chi connectivity index (χ0) is 30.3. The average Bonchev–Trinajstić information content (AvgIpc) is 3.37. The highest BCUT2D eigenvalue weighted by atomic mass is 31.3. The second-order valence-corrected chi connectivity index (χ2v) is 12.1. The molecule has 4 heterocycles. The Labute approximate surface area is 227 Å². The van der Waals surface area contributed by atoms with Crippen molar-refractivity contribution < 1.29 is 57.1 Å². The fourth-order valence-corrected chi connectivity index (χ4v) is 6.16. The second-order valence-electron chi connectivity index (χ2n) is 9.08. The van der Waals surface area contributed by atoms with E-state index in [1.54, 1.807) is 0 Å². The van der Waals surface area contributed by atoms with E-state index in [9.17, 15) is 53.4 Å². The average molecular weight is 628 g/mol. The van der Waals surface area contributed by atoms with Gasteiger partial charge >= 0.3 is 27.0 Å². The maximum absolute atomic E-state index is 12.3. The quantitative estimate of drug-likeness (QED) is 0.128. The molecule has 41 heavy (non-hydrogen) atoms. The fourth-order valence-electron chi connectivity index (χ4n) is 4.07. The summed E-state index contributed by atoms with van der Waals surface area (Å²) >= 11 is 0. The van der Waals surface area contributed by atoms with Gasteiger partial charge in [0.15, 0.2) is 6.23 Å². The van der Waals surface area contributed by atoms with Crippen LogP contribution in [0.3, 0.4) is 0 Å². The third-order valence-corrected chi connectivity index (χ3v) is 8.73. The molecule has 2 aromatic heterocycles. The Morgan fingerprint density at radius 2 is 1.54 bits per heavy atom. The molecule has 22 heteroatoms. The van der Waals surface area contributed by atoms with Gasteiger partial charge < -0.3 is 34.6 Å². The van der Waals surface area contributed by atoms with Gasteiger partial charge in [-0.1, -0.05) is 0 Å². The third-order valence-electron chi connectivity index (χ3n) is 6.13. The summed E-state index contributed by atoms with van der Waals surface area (Å²) in [5.74, 6) is 0. The lowest BCUT2D eigenvalue weighted by Crippen LogP contribution is -2.37. The Bertz CT molecular complexity index is 1600. The first kappa shape index (κ1) is 31.4. The molecule has 2 fully saturated rings. The molecule has 0 aromatic carbocycles. The van der Waals surface area contributed by atoms with E-state index in [1.807, 2.05) is 4.98 Å². The van der Waals surface area contributed by atoms with Crippen LogP contribution in [0.1, 0.15) is 24.4 Å². The van der Waals surface area contributed by atoms with Crippen LogP contribution >= 0.6 is 15.6 Å². The summed E-state index contributed by atoms with van der Waals surface area (Å²) in [6.07, 6.45) is -8.21. The number of aliphatic hydroxyl groups excluding tert-OH is 3. The minimum atomic E-state index is -5.38. The highest BCUT2D eigenvalue weighted by Gasteiger charge is 2.46. The van der Waals surface area contributed by atoms with Crippen molar-refractivity contribution in [2.75, 3.05) is 13.2 Å². The maximum Gasteiger partial charge on any atom is 0.481 e. The SMILES string of the molecule is Cc1cn([C@H]2C[C@@H](O)[C@@H](COP(=O)(O)OP(=O)(O)OC[C@H]3O[C@@H](n4ccc(=O)[nH]c4=O)C(O)C3O)O2)c(=O)[nH]c1=O. The molecule has 2 aliphatic heterocycles. The number of aliphatic hydroxyl groups is 3.